The number of aromatic carboxylic acids is 1. The minimum Gasteiger partial charge on any atom is -0.478 e. The van der Waals surface area contributed by atoms with E-state index in [-0.39, 0.29) is 11.6 Å². The van der Waals surface area contributed by atoms with Crippen LogP contribution in [0, 0.1) is 0 Å². The average Bonchev–Trinajstić information content (AvgIpc) is 2.69. The molecule has 4 rings (SSSR count). The van der Waals surface area contributed by atoms with E-state index in [0.717, 1.165) is 19.6 Å². The number of likely N-dealkylation sites (tertiary alicyclic amines) is 1. The summed E-state index contributed by atoms with van der Waals surface area (Å²) in [5, 5.41) is 13.0. The molecule has 2 aromatic heterocycles. The van der Waals surface area contributed by atoms with Crippen molar-refractivity contribution in [2.24, 2.45) is 0 Å². The van der Waals surface area contributed by atoms with Crippen molar-refractivity contribution in [1.82, 2.24) is 19.9 Å². The summed E-state index contributed by atoms with van der Waals surface area (Å²) in [6.45, 7) is 7.40. The van der Waals surface area contributed by atoms with E-state index < -0.39 is 5.97 Å². The van der Waals surface area contributed by atoms with Crippen molar-refractivity contribution in [3.8, 4) is 0 Å². The van der Waals surface area contributed by atoms with Gasteiger partial charge in [0.05, 0.1) is 11.6 Å². The summed E-state index contributed by atoms with van der Waals surface area (Å²) in [6, 6.07) is 10.1. The maximum atomic E-state index is 11.5. The van der Waals surface area contributed by atoms with Gasteiger partial charge in [0.2, 0.25) is 0 Å². The molecule has 1 fully saturated rings. The molecule has 1 atom stereocenters. The highest BCUT2D eigenvalue weighted by atomic mass is 16.4. The molecule has 0 radical (unpaired) electrons. The lowest BCUT2D eigenvalue weighted by Gasteiger charge is -2.34. The van der Waals surface area contributed by atoms with Gasteiger partial charge in [0.25, 0.3) is 0 Å². The van der Waals surface area contributed by atoms with Gasteiger partial charge < -0.3 is 15.3 Å². The minimum absolute atomic E-state index is 0.0184. The van der Waals surface area contributed by atoms with Gasteiger partial charge in [-0.3, -0.25) is 4.98 Å². The molecule has 1 saturated heterocycles. The van der Waals surface area contributed by atoms with Gasteiger partial charge in [0, 0.05) is 12.7 Å². The molecule has 29 heavy (non-hydrogen) atoms. The van der Waals surface area contributed by atoms with E-state index in [1.807, 2.05) is 0 Å². The van der Waals surface area contributed by atoms with E-state index in [1.165, 1.54) is 36.1 Å². The number of pyridine rings is 1. The summed E-state index contributed by atoms with van der Waals surface area (Å²) in [6.07, 6.45) is 4.10. The van der Waals surface area contributed by atoms with Gasteiger partial charge in [0.1, 0.15) is 17.4 Å². The quantitative estimate of drug-likeness (QED) is 0.634. The number of carbonyl (C=O) groups is 1. The number of nitrogens with one attached hydrogen (secondary N) is 1. The van der Waals surface area contributed by atoms with Gasteiger partial charge in [-0.15, -0.1) is 0 Å². The molecular formula is C22H25N5O2. The first kappa shape index (κ1) is 19.3. The summed E-state index contributed by atoms with van der Waals surface area (Å²) >= 11 is 0. The van der Waals surface area contributed by atoms with Crippen LogP contribution in [0.1, 0.15) is 53.7 Å². The standard InChI is InChI=1S/C22H25N5O2/c1-14(2)15-4-6-16(7-5-15)18(12-27-10-3-11-27)26-21-20-19(24-13-25-21)17(22(28)29)8-9-23-20/h4-9,13-14,18H,3,10-12H2,1-2H3,(H,28,29)(H,24,25,26)/t18-/m1/s1. The fraction of sp³-hybridized carbons (Fsp3) is 0.364. The predicted molar refractivity (Wildman–Crippen MR) is 112 cm³/mol. The number of aromatic nitrogens is 3. The van der Waals surface area contributed by atoms with E-state index in [4.69, 9.17) is 0 Å². The van der Waals surface area contributed by atoms with Gasteiger partial charge in [-0.1, -0.05) is 38.1 Å². The van der Waals surface area contributed by atoms with Crippen LogP contribution in [0.5, 0.6) is 0 Å². The van der Waals surface area contributed by atoms with Crippen LogP contribution < -0.4 is 5.32 Å². The lowest BCUT2D eigenvalue weighted by molar-refractivity contribution is 0.0698. The zero-order valence-corrected chi connectivity index (χ0v) is 16.7. The van der Waals surface area contributed by atoms with Crippen molar-refractivity contribution in [3.63, 3.8) is 0 Å². The number of nitrogens with zero attached hydrogens (tertiary/aromatic N) is 4. The third-order valence-corrected chi connectivity index (χ3v) is 5.46. The van der Waals surface area contributed by atoms with Gasteiger partial charge in [-0.05, 0) is 42.6 Å². The van der Waals surface area contributed by atoms with Crippen molar-refractivity contribution in [1.29, 1.82) is 0 Å². The average molecular weight is 391 g/mol. The van der Waals surface area contributed by atoms with Crippen LogP contribution in [0.4, 0.5) is 5.82 Å². The molecule has 0 saturated carbocycles. The molecule has 7 nitrogen and oxygen atoms in total. The fourth-order valence-corrected chi connectivity index (χ4v) is 3.58. The van der Waals surface area contributed by atoms with Gasteiger partial charge >= 0.3 is 5.97 Å². The van der Waals surface area contributed by atoms with Crippen LogP contribution in [-0.4, -0.2) is 50.6 Å². The highest BCUT2D eigenvalue weighted by molar-refractivity contribution is 6.02. The summed E-state index contributed by atoms with van der Waals surface area (Å²) in [5.74, 6) is 0.00954. The zero-order chi connectivity index (χ0) is 20.4. The van der Waals surface area contributed by atoms with Gasteiger partial charge in [-0.2, -0.15) is 0 Å². The summed E-state index contributed by atoms with van der Waals surface area (Å²) in [5.41, 5.74) is 3.41. The van der Waals surface area contributed by atoms with E-state index in [0.29, 0.717) is 22.8 Å². The van der Waals surface area contributed by atoms with Crippen LogP contribution >= 0.6 is 0 Å². The van der Waals surface area contributed by atoms with Crippen LogP contribution in [0.2, 0.25) is 0 Å². The zero-order valence-electron chi connectivity index (χ0n) is 16.7. The Morgan fingerprint density at radius 3 is 2.41 bits per heavy atom. The van der Waals surface area contributed by atoms with Crippen molar-refractivity contribution in [2.75, 3.05) is 25.0 Å². The topological polar surface area (TPSA) is 91.2 Å². The number of fused-ring (bicyclic) bond motifs is 1. The smallest absolute Gasteiger partial charge is 0.338 e. The van der Waals surface area contributed by atoms with Crippen molar-refractivity contribution >= 4 is 22.8 Å². The molecule has 150 valence electrons. The third-order valence-electron chi connectivity index (χ3n) is 5.46. The Hall–Kier alpha value is -3.06. The Bertz CT molecular complexity index is 1020. The predicted octanol–water partition coefficient (Wildman–Crippen LogP) is 3.71. The Kier molecular flexibility index (Phi) is 5.40. The van der Waals surface area contributed by atoms with Crippen molar-refractivity contribution in [3.05, 3.63) is 59.5 Å². The molecule has 1 aliphatic heterocycles. The summed E-state index contributed by atoms with van der Waals surface area (Å²) in [4.78, 5) is 26.8. The van der Waals surface area contributed by atoms with E-state index in [1.54, 1.807) is 0 Å². The molecule has 0 amide bonds. The lowest BCUT2D eigenvalue weighted by Crippen LogP contribution is -2.41. The molecule has 0 bridgehead atoms. The van der Waals surface area contributed by atoms with Gasteiger partial charge in [0.15, 0.2) is 5.82 Å². The second kappa shape index (κ2) is 8.13. The van der Waals surface area contributed by atoms with Crippen molar-refractivity contribution < 1.29 is 9.90 Å². The SMILES string of the molecule is CC(C)c1ccc([C@@H](CN2CCC2)Nc2ncnc3c(C(=O)O)ccnc23)cc1. The molecule has 3 aromatic rings. The molecule has 0 aliphatic carbocycles. The second-order valence-corrected chi connectivity index (χ2v) is 7.76. The number of rotatable bonds is 7. The maximum Gasteiger partial charge on any atom is 0.338 e. The normalized spacial score (nSPS) is 15.3. The number of benzene rings is 1. The molecule has 3 heterocycles. The van der Waals surface area contributed by atoms with E-state index in [2.05, 4.69) is 63.3 Å². The summed E-state index contributed by atoms with van der Waals surface area (Å²) < 4.78 is 0. The molecule has 0 spiro atoms. The number of hydrogen-bond acceptors (Lipinski definition) is 6. The van der Waals surface area contributed by atoms with Crippen LogP contribution in [-0.2, 0) is 0 Å². The first-order valence-corrected chi connectivity index (χ1v) is 9.94. The third kappa shape index (κ3) is 4.05. The fourth-order valence-electron chi connectivity index (χ4n) is 3.58. The number of carboxylic acids is 1. The molecule has 1 aromatic carbocycles. The second-order valence-electron chi connectivity index (χ2n) is 7.76. The number of hydrogen-bond donors (Lipinski definition) is 2. The van der Waals surface area contributed by atoms with Crippen molar-refractivity contribution in [2.45, 2.75) is 32.2 Å². The lowest BCUT2D eigenvalue weighted by atomic mass is 9.98. The molecular weight excluding hydrogens is 366 g/mol. The van der Waals surface area contributed by atoms with Crippen LogP contribution in [0.15, 0.2) is 42.9 Å². The Morgan fingerprint density at radius 2 is 1.79 bits per heavy atom. The van der Waals surface area contributed by atoms with Crippen LogP contribution in [0.3, 0.4) is 0 Å². The maximum absolute atomic E-state index is 11.5. The van der Waals surface area contributed by atoms with E-state index in [9.17, 15) is 9.90 Å². The molecule has 7 heteroatoms. The van der Waals surface area contributed by atoms with E-state index >= 15 is 0 Å². The highest BCUT2D eigenvalue weighted by Crippen LogP contribution is 2.27. The Morgan fingerprint density at radius 1 is 1.07 bits per heavy atom. The monoisotopic (exact) mass is 391 g/mol. The first-order chi connectivity index (χ1) is 14.0. The van der Waals surface area contributed by atoms with Gasteiger partial charge in [-0.25, -0.2) is 14.8 Å². The number of anilines is 1. The molecule has 1 aliphatic rings. The Labute approximate surface area is 169 Å². The summed E-state index contributed by atoms with van der Waals surface area (Å²) in [7, 11) is 0. The molecule has 2 N–H and O–H groups in total. The first-order valence-electron chi connectivity index (χ1n) is 9.94. The van der Waals surface area contributed by atoms with Crippen LogP contribution in [0.25, 0.3) is 11.0 Å². The minimum atomic E-state index is -1.02. The molecule has 0 unspecified atom stereocenters. The largest absolute Gasteiger partial charge is 0.478 e. The highest BCUT2D eigenvalue weighted by Gasteiger charge is 2.22. The number of carboxylic acid groups (broad SMARTS) is 1. The Balaban J connectivity index is 1.69.